The van der Waals surface area contributed by atoms with Crippen LogP contribution in [0.2, 0.25) is 0 Å². The second-order valence-electron chi connectivity index (χ2n) is 12.0. The zero-order valence-corrected chi connectivity index (χ0v) is 25.1. The van der Waals surface area contributed by atoms with Crippen molar-refractivity contribution in [2.24, 2.45) is 0 Å². The topological polar surface area (TPSA) is 42.1 Å². The van der Waals surface area contributed by atoms with E-state index in [2.05, 4.69) is 106 Å². The fourth-order valence-corrected chi connectivity index (χ4v) is 6.83. The van der Waals surface area contributed by atoms with E-state index in [4.69, 9.17) is 9.97 Å². The standard InChI is InChI=1S/C36H42N6/c1-3-5-15-41-33-13-9-7-11-29(33)31-21-27(37-23-35(31)41)25-39-17-19-40(20-18-39)26-28-22-32-30-12-8-10-14-34(30)42(16-6-4-2)36(32)24-38-28/h7-14,21-24H,3-6,15-20,25-26H2,1-2H3. The molecule has 0 atom stereocenters. The minimum absolute atomic E-state index is 0.903. The summed E-state index contributed by atoms with van der Waals surface area (Å²) in [6, 6.07) is 22.3. The average Bonchev–Trinajstić information content (AvgIpc) is 3.51. The SMILES string of the molecule is CCCCn1c2ccccc2c2cc(CN3CCN(Cc4cc5c6ccccc6n(CCCC)c5cn4)CC3)ncc21. The molecule has 0 radical (unpaired) electrons. The van der Waals surface area contributed by atoms with Gasteiger partial charge in [-0.25, -0.2) is 0 Å². The number of aryl methyl sites for hydroxylation is 2. The Hall–Kier alpha value is -3.74. The summed E-state index contributed by atoms with van der Waals surface area (Å²) < 4.78 is 4.91. The Morgan fingerprint density at radius 2 is 0.976 bits per heavy atom. The van der Waals surface area contributed by atoms with E-state index in [0.29, 0.717) is 0 Å². The fourth-order valence-electron chi connectivity index (χ4n) is 6.83. The van der Waals surface area contributed by atoms with Crippen molar-refractivity contribution in [3.8, 4) is 0 Å². The smallest absolute Gasteiger partial charge is 0.0678 e. The highest BCUT2D eigenvalue weighted by Crippen LogP contribution is 2.31. The van der Waals surface area contributed by atoms with Crippen molar-refractivity contribution in [1.82, 2.24) is 28.9 Å². The molecule has 42 heavy (non-hydrogen) atoms. The maximum absolute atomic E-state index is 4.94. The normalized spacial score (nSPS) is 15.1. The van der Waals surface area contributed by atoms with Crippen LogP contribution in [0.4, 0.5) is 0 Å². The summed E-state index contributed by atoms with van der Waals surface area (Å²) >= 11 is 0. The molecular weight excluding hydrogens is 516 g/mol. The summed E-state index contributed by atoms with van der Waals surface area (Å²) in [6.07, 6.45) is 8.98. The van der Waals surface area contributed by atoms with E-state index in [-0.39, 0.29) is 0 Å². The molecule has 1 aliphatic rings. The minimum atomic E-state index is 0.903. The highest BCUT2D eigenvalue weighted by Gasteiger charge is 2.20. The second-order valence-corrected chi connectivity index (χ2v) is 12.0. The van der Waals surface area contributed by atoms with Gasteiger partial charge in [-0.2, -0.15) is 0 Å². The van der Waals surface area contributed by atoms with Gasteiger partial charge < -0.3 is 9.13 Å². The lowest BCUT2D eigenvalue weighted by molar-refractivity contribution is 0.120. The zero-order chi connectivity index (χ0) is 28.5. The number of pyridine rings is 2. The molecule has 7 rings (SSSR count). The van der Waals surface area contributed by atoms with Gasteiger partial charge in [0.2, 0.25) is 0 Å². The number of benzene rings is 2. The molecule has 6 heteroatoms. The van der Waals surface area contributed by atoms with Gasteiger partial charge in [0.25, 0.3) is 0 Å². The van der Waals surface area contributed by atoms with E-state index in [1.54, 1.807) is 0 Å². The van der Waals surface area contributed by atoms with Crippen LogP contribution >= 0.6 is 0 Å². The molecule has 6 aromatic rings. The van der Waals surface area contributed by atoms with E-state index < -0.39 is 0 Å². The van der Waals surface area contributed by atoms with Gasteiger partial charge in [-0.05, 0) is 37.1 Å². The Bertz CT molecular complexity index is 1700. The first-order valence-corrected chi connectivity index (χ1v) is 15.9. The van der Waals surface area contributed by atoms with Gasteiger partial charge in [0, 0.05) is 84.9 Å². The second kappa shape index (κ2) is 11.9. The highest BCUT2D eigenvalue weighted by molar-refractivity contribution is 6.08. The molecule has 0 N–H and O–H groups in total. The monoisotopic (exact) mass is 558 g/mol. The number of hydrogen-bond donors (Lipinski definition) is 0. The number of para-hydroxylation sites is 2. The molecule has 0 saturated carbocycles. The van der Waals surface area contributed by atoms with Gasteiger partial charge in [-0.3, -0.25) is 19.8 Å². The third-order valence-corrected chi connectivity index (χ3v) is 9.14. The van der Waals surface area contributed by atoms with Crippen LogP contribution < -0.4 is 0 Å². The molecule has 1 saturated heterocycles. The van der Waals surface area contributed by atoms with Crippen molar-refractivity contribution in [1.29, 1.82) is 0 Å². The van der Waals surface area contributed by atoms with Crippen LogP contribution in [0.25, 0.3) is 43.6 Å². The lowest BCUT2D eigenvalue weighted by atomic mass is 10.1. The number of rotatable bonds is 10. The van der Waals surface area contributed by atoms with E-state index in [1.807, 2.05) is 0 Å². The minimum Gasteiger partial charge on any atom is -0.339 e. The highest BCUT2D eigenvalue weighted by atomic mass is 15.3. The van der Waals surface area contributed by atoms with E-state index in [0.717, 1.165) is 52.4 Å². The molecule has 5 heterocycles. The van der Waals surface area contributed by atoms with Gasteiger partial charge in [0.1, 0.15) is 0 Å². The first-order valence-electron chi connectivity index (χ1n) is 15.9. The Balaban J connectivity index is 1.04. The molecule has 4 aromatic heterocycles. The molecular formula is C36H42N6. The largest absolute Gasteiger partial charge is 0.339 e. The lowest BCUT2D eigenvalue weighted by Gasteiger charge is -2.34. The number of unbranched alkanes of at least 4 members (excludes halogenated alkanes) is 2. The molecule has 0 spiro atoms. The van der Waals surface area contributed by atoms with Crippen LogP contribution in [0.3, 0.4) is 0 Å². The first-order chi connectivity index (χ1) is 20.7. The Labute approximate surface area is 248 Å². The van der Waals surface area contributed by atoms with Crippen LogP contribution in [-0.2, 0) is 26.2 Å². The van der Waals surface area contributed by atoms with Crippen molar-refractivity contribution in [3.63, 3.8) is 0 Å². The summed E-state index contributed by atoms with van der Waals surface area (Å²) in [6.45, 7) is 12.6. The van der Waals surface area contributed by atoms with Crippen molar-refractivity contribution in [2.75, 3.05) is 26.2 Å². The van der Waals surface area contributed by atoms with Gasteiger partial charge in [-0.1, -0.05) is 63.1 Å². The van der Waals surface area contributed by atoms with E-state index >= 15 is 0 Å². The molecule has 0 unspecified atom stereocenters. The van der Waals surface area contributed by atoms with Crippen LogP contribution in [0.1, 0.15) is 50.9 Å². The predicted octanol–water partition coefficient (Wildman–Crippen LogP) is 7.61. The summed E-state index contributed by atoms with van der Waals surface area (Å²) in [5.74, 6) is 0. The Kier molecular flexibility index (Phi) is 7.66. The average molecular weight is 559 g/mol. The van der Waals surface area contributed by atoms with Crippen molar-refractivity contribution >= 4 is 43.6 Å². The summed E-state index contributed by atoms with van der Waals surface area (Å²) in [7, 11) is 0. The van der Waals surface area contributed by atoms with Crippen LogP contribution in [0.15, 0.2) is 73.1 Å². The number of fused-ring (bicyclic) bond motifs is 6. The molecule has 2 aromatic carbocycles. The third kappa shape index (κ3) is 5.07. The van der Waals surface area contributed by atoms with E-state index in [9.17, 15) is 0 Å². The first kappa shape index (κ1) is 27.1. The number of nitrogens with zero attached hydrogens (tertiary/aromatic N) is 6. The van der Waals surface area contributed by atoms with Gasteiger partial charge in [0.15, 0.2) is 0 Å². The molecule has 1 aliphatic heterocycles. The maximum Gasteiger partial charge on any atom is 0.0678 e. The molecule has 216 valence electrons. The zero-order valence-electron chi connectivity index (χ0n) is 25.1. The fraction of sp³-hybridized carbons (Fsp3) is 0.389. The van der Waals surface area contributed by atoms with Crippen LogP contribution in [0.5, 0.6) is 0 Å². The number of piperazine rings is 1. The summed E-state index contributed by atoms with van der Waals surface area (Å²) in [5, 5.41) is 5.36. The molecule has 0 bridgehead atoms. The van der Waals surface area contributed by atoms with Gasteiger partial charge in [0.05, 0.1) is 34.8 Å². The van der Waals surface area contributed by atoms with Gasteiger partial charge >= 0.3 is 0 Å². The maximum atomic E-state index is 4.94. The Morgan fingerprint density at radius 3 is 1.40 bits per heavy atom. The molecule has 6 nitrogen and oxygen atoms in total. The van der Waals surface area contributed by atoms with Crippen LogP contribution in [-0.4, -0.2) is 55.1 Å². The van der Waals surface area contributed by atoms with Crippen molar-refractivity contribution in [2.45, 2.75) is 65.7 Å². The number of hydrogen-bond acceptors (Lipinski definition) is 4. The van der Waals surface area contributed by atoms with E-state index in [1.165, 1.54) is 80.7 Å². The lowest BCUT2D eigenvalue weighted by Crippen LogP contribution is -2.45. The number of aromatic nitrogens is 4. The quantitative estimate of drug-likeness (QED) is 0.174. The van der Waals surface area contributed by atoms with Crippen molar-refractivity contribution < 1.29 is 0 Å². The Morgan fingerprint density at radius 1 is 0.548 bits per heavy atom. The molecule has 1 fully saturated rings. The third-order valence-electron chi connectivity index (χ3n) is 9.14. The van der Waals surface area contributed by atoms with Gasteiger partial charge in [-0.15, -0.1) is 0 Å². The molecule has 0 aliphatic carbocycles. The summed E-state index contributed by atoms with van der Waals surface area (Å²) in [4.78, 5) is 15.0. The summed E-state index contributed by atoms with van der Waals surface area (Å²) in [5.41, 5.74) is 7.51. The molecule has 0 amide bonds. The predicted molar refractivity (Wildman–Crippen MR) is 175 cm³/mol. The van der Waals surface area contributed by atoms with Crippen molar-refractivity contribution in [3.05, 3.63) is 84.4 Å². The van der Waals surface area contributed by atoms with Crippen LogP contribution in [0, 0.1) is 0 Å².